The first kappa shape index (κ1) is 20.3. The number of fused-ring (bicyclic) bond motifs is 1. The normalized spacial score (nSPS) is 15.1. The number of unbranched alkanes of at least 4 members (excludes halogenated alkanes) is 1. The van der Waals surface area contributed by atoms with Gasteiger partial charge in [0.25, 0.3) is 5.91 Å². The number of nitrogens with one attached hydrogen (secondary N) is 1. The van der Waals surface area contributed by atoms with E-state index in [2.05, 4.69) is 17.3 Å². The number of hydrogen-bond donors (Lipinski definition) is 1. The summed E-state index contributed by atoms with van der Waals surface area (Å²) >= 11 is 0. The quantitative estimate of drug-likeness (QED) is 0.573. The standard InChI is InChI=1S/C23H25N3O3S/c1-3-4-13-29-19-11-7-17(8-12-19)23(27)24-22-20-14-30(28)15-21(20)25-26(22)18-9-5-16(2)6-10-18/h5-12H,3-4,13-15H2,1-2H3,(H,24,27)/t30-/m1/s1. The lowest BCUT2D eigenvalue weighted by atomic mass is 10.2. The van der Waals surface area contributed by atoms with Crippen molar-refractivity contribution in [2.24, 2.45) is 0 Å². The molecule has 1 atom stereocenters. The molecule has 1 aromatic heterocycles. The first-order chi connectivity index (χ1) is 14.5. The summed E-state index contributed by atoms with van der Waals surface area (Å²) in [6, 6.07) is 15.1. The van der Waals surface area contributed by atoms with Crippen LogP contribution in [0.5, 0.6) is 5.75 Å². The summed E-state index contributed by atoms with van der Waals surface area (Å²) in [5.41, 5.74) is 4.16. The molecular weight excluding hydrogens is 398 g/mol. The van der Waals surface area contributed by atoms with Gasteiger partial charge in [-0.05, 0) is 49.7 Å². The van der Waals surface area contributed by atoms with Gasteiger partial charge >= 0.3 is 0 Å². The van der Waals surface area contributed by atoms with Crippen LogP contribution < -0.4 is 10.1 Å². The molecule has 0 saturated heterocycles. The molecule has 4 rings (SSSR count). The molecule has 1 N–H and O–H groups in total. The molecule has 0 spiro atoms. The Morgan fingerprint density at radius 2 is 1.87 bits per heavy atom. The van der Waals surface area contributed by atoms with Crippen molar-refractivity contribution < 1.29 is 13.7 Å². The zero-order valence-electron chi connectivity index (χ0n) is 17.2. The minimum Gasteiger partial charge on any atom is -0.494 e. The van der Waals surface area contributed by atoms with Crippen LogP contribution in [-0.4, -0.2) is 26.5 Å². The van der Waals surface area contributed by atoms with E-state index in [1.165, 1.54) is 0 Å². The largest absolute Gasteiger partial charge is 0.494 e. The van der Waals surface area contributed by atoms with Crippen LogP contribution in [0.2, 0.25) is 0 Å². The number of carbonyl (C=O) groups is 1. The van der Waals surface area contributed by atoms with Crippen molar-refractivity contribution in [1.82, 2.24) is 9.78 Å². The lowest BCUT2D eigenvalue weighted by Crippen LogP contribution is -2.16. The topological polar surface area (TPSA) is 73.2 Å². The van der Waals surface area contributed by atoms with Crippen molar-refractivity contribution >= 4 is 22.5 Å². The van der Waals surface area contributed by atoms with Gasteiger partial charge in [-0.2, -0.15) is 5.10 Å². The van der Waals surface area contributed by atoms with Gasteiger partial charge in [-0.15, -0.1) is 0 Å². The van der Waals surface area contributed by atoms with Crippen molar-refractivity contribution in [2.75, 3.05) is 11.9 Å². The summed E-state index contributed by atoms with van der Waals surface area (Å²) in [4.78, 5) is 12.9. The fourth-order valence-electron chi connectivity index (χ4n) is 3.35. The van der Waals surface area contributed by atoms with Gasteiger partial charge in [0, 0.05) is 21.9 Å². The van der Waals surface area contributed by atoms with E-state index in [1.54, 1.807) is 28.9 Å². The maximum Gasteiger partial charge on any atom is 0.256 e. The zero-order chi connectivity index (χ0) is 21.1. The summed E-state index contributed by atoms with van der Waals surface area (Å²) in [7, 11) is -0.977. The van der Waals surface area contributed by atoms with Gasteiger partial charge in [0.05, 0.1) is 29.5 Å². The first-order valence-corrected chi connectivity index (χ1v) is 11.6. The molecule has 1 amide bonds. The number of benzene rings is 2. The molecule has 7 heteroatoms. The molecule has 1 aliphatic heterocycles. The number of ether oxygens (including phenoxy) is 1. The highest BCUT2D eigenvalue weighted by molar-refractivity contribution is 7.83. The summed E-state index contributed by atoms with van der Waals surface area (Å²) < 4.78 is 19.4. The summed E-state index contributed by atoms with van der Waals surface area (Å²) in [5.74, 6) is 1.93. The monoisotopic (exact) mass is 423 g/mol. The Morgan fingerprint density at radius 1 is 1.13 bits per heavy atom. The number of carbonyl (C=O) groups excluding carboxylic acids is 1. The average Bonchev–Trinajstić information content (AvgIpc) is 3.26. The van der Waals surface area contributed by atoms with E-state index in [-0.39, 0.29) is 5.91 Å². The maximum atomic E-state index is 12.9. The van der Waals surface area contributed by atoms with Crippen LogP contribution in [0.25, 0.3) is 5.69 Å². The van der Waals surface area contributed by atoms with Crippen LogP contribution in [0.3, 0.4) is 0 Å². The smallest absolute Gasteiger partial charge is 0.256 e. The van der Waals surface area contributed by atoms with Crippen molar-refractivity contribution in [3.05, 3.63) is 70.9 Å². The van der Waals surface area contributed by atoms with Gasteiger partial charge in [0.2, 0.25) is 0 Å². The van der Waals surface area contributed by atoms with E-state index in [0.29, 0.717) is 29.5 Å². The molecule has 2 heterocycles. The number of aromatic nitrogens is 2. The van der Waals surface area contributed by atoms with Crippen molar-refractivity contribution in [3.8, 4) is 11.4 Å². The SMILES string of the molecule is CCCCOc1ccc(C(=O)Nc2c3c(nn2-c2ccc(C)cc2)C[S@](=O)C3)cc1. The second-order valence-electron chi connectivity index (χ2n) is 7.43. The van der Waals surface area contributed by atoms with E-state index in [1.807, 2.05) is 31.2 Å². The van der Waals surface area contributed by atoms with Crippen molar-refractivity contribution in [2.45, 2.75) is 38.2 Å². The third-order valence-corrected chi connectivity index (χ3v) is 6.27. The molecule has 2 aromatic carbocycles. The van der Waals surface area contributed by atoms with Crippen LogP contribution >= 0.6 is 0 Å². The van der Waals surface area contributed by atoms with Gasteiger partial charge in [0.1, 0.15) is 11.6 Å². The molecule has 0 radical (unpaired) electrons. The Morgan fingerprint density at radius 3 is 2.57 bits per heavy atom. The highest BCUT2D eigenvalue weighted by Gasteiger charge is 2.28. The van der Waals surface area contributed by atoms with Crippen molar-refractivity contribution in [1.29, 1.82) is 0 Å². The molecule has 156 valence electrons. The molecule has 0 aliphatic carbocycles. The molecule has 1 aliphatic rings. The molecule has 6 nitrogen and oxygen atoms in total. The van der Waals surface area contributed by atoms with E-state index in [0.717, 1.165) is 41.1 Å². The average molecular weight is 424 g/mol. The molecular formula is C23H25N3O3S. The predicted molar refractivity (Wildman–Crippen MR) is 119 cm³/mol. The fourth-order valence-corrected chi connectivity index (χ4v) is 4.61. The Bertz CT molecular complexity index is 1070. The number of anilines is 1. The molecule has 0 bridgehead atoms. The lowest BCUT2D eigenvalue weighted by molar-refractivity contribution is 0.102. The predicted octanol–water partition coefficient (Wildman–Crippen LogP) is 4.37. The summed E-state index contributed by atoms with van der Waals surface area (Å²) in [6.45, 7) is 4.81. The Kier molecular flexibility index (Phi) is 5.99. The highest BCUT2D eigenvalue weighted by atomic mass is 32.2. The van der Waals surface area contributed by atoms with Crippen LogP contribution in [0, 0.1) is 6.92 Å². The number of aryl methyl sites for hydroxylation is 1. The van der Waals surface area contributed by atoms with Crippen LogP contribution in [0.15, 0.2) is 48.5 Å². The second-order valence-corrected chi connectivity index (χ2v) is 8.89. The zero-order valence-corrected chi connectivity index (χ0v) is 18.0. The van der Waals surface area contributed by atoms with Crippen LogP contribution in [0.4, 0.5) is 5.82 Å². The van der Waals surface area contributed by atoms with Crippen molar-refractivity contribution in [3.63, 3.8) is 0 Å². The van der Waals surface area contributed by atoms with E-state index in [4.69, 9.17) is 4.74 Å². The highest BCUT2D eigenvalue weighted by Crippen LogP contribution is 2.31. The van der Waals surface area contributed by atoms with Gasteiger partial charge in [-0.3, -0.25) is 9.00 Å². The van der Waals surface area contributed by atoms with E-state index < -0.39 is 10.8 Å². The molecule has 0 saturated carbocycles. The fraction of sp³-hybridized carbons (Fsp3) is 0.304. The maximum absolute atomic E-state index is 12.9. The molecule has 0 fully saturated rings. The first-order valence-electron chi connectivity index (χ1n) is 10.1. The van der Waals surface area contributed by atoms with E-state index >= 15 is 0 Å². The molecule has 30 heavy (non-hydrogen) atoms. The Labute approximate surface area is 178 Å². The van der Waals surface area contributed by atoms with E-state index in [9.17, 15) is 9.00 Å². The number of rotatable bonds is 7. The summed E-state index contributed by atoms with van der Waals surface area (Å²) in [6.07, 6.45) is 2.07. The molecule has 0 unspecified atom stereocenters. The van der Waals surface area contributed by atoms with Crippen LogP contribution in [0.1, 0.15) is 46.9 Å². The summed E-state index contributed by atoms with van der Waals surface area (Å²) in [5, 5.41) is 7.63. The van der Waals surface area contributed by atoms with Gasteiger partial charge < -0.3 is 10.1 Å². The minimum absolute atomic E-state index is 0.233. The van der Waals surface area contributed by atoms with Gasteiger partial charge in [-0.1, -0.05) is 31.0 Å². The Hall–Kier alpha value is -2.93. The second kappa shape index (κ2) is 8.83. The van der Waals surface area contributed by atoms with Gasteiger partial charge in [-0.25, -0.2) is 4.68 Å². The third kappa shape index (κ3) is 4.31. The number of nitrogens with zero attached hydrogens (tertiary/aromatic N) is 2. The van der Waals surface area contributed by atoms with Gasteiger partial charge in [0.15, 0.2) is 0 Å². The minimum atomic E-state index is -0.977. The molecule has 3 aromatic rings. The lowest BCUT2D eigenvalue weighted by Gasteiger charge is -2.12. The number of amides is 1. The van der Waals surface area contributed by atoms with Crippen LogP contribution in [-0.2, 0) is 22.3 Å². The number of hydrogen-bond acceptors (Lipinski definition) is 4. The Balaban J connectivity index is 1.58. The third-order valence-electron chi connectivity index (χ3n) is 5.06.